The highest BCUT2D eigenvalue weighted by Gasteiger charge is 2.37. The van der Waals surface area contributed by atoms with E-state index in [1.165, 1.54) is 12.0 Å². The first-order chi connectivity index (χ1) is 13.7. The summed E-state index contributed by atoms with van der Waals surface area (Å²) in [6.07, 6.45) is 0.182. The molecule has 2 heterocycles. The topological polar surface area (TPSA) is 80.1 Å². The molecule has 0 N–H and O–H groups in total. The molecule has 2 aromatic rings. The third-order valence-corrected chi connectivity index (χ3v) is 5.48. The van der Waals surface area contributed by atoms with Crippen LogP contribution in [0, 0.1) is 26.7 Å². The second-order valence-electron chi connectivity index (χ2n) is 7.49. The van der Waals surface area contributed by atoms with E-state index in [0.717, 1.165) is 16.8 Å². The van der Waals surface area contributed by atoms with Crippen LogP contribution in [0.15, 0.2) is 28.7 Å². The van der Waals surface area contributed by atoms with Crippen LogP contribution >= 0.6 is 0 Å². The van der Waals surface area contributed by atoms with Gasteiger partial charge in [0, 0.05) is 25.7 Å². The van der Waals surface area contributed by atoms with E-state index in [4.69, 9.17) is 9.15 Å². The molecule has 1 fully saturated rings. The van der Waals surface area contributed by atoms with Crippen LogP contribution < -0.4 is 4.90 Å². The van der Waals surface area contributed by atoms with E-state index < -0.39 is 11.9 Å². The van der Waals surface area contributed by atoms with Gasteiger partial charge in [0.15, 0.2) is 0 Å². The highest BCUT2D eigenvalue weighted by molar-refractivity contribution is 6.01. The van der Waals surface area contributed by atoms with E-state index in [0.29, 0.717) is 23.6 Å². The summed E-state index contributed by atoms with van der Waals surface area (Å²) in [5.74, 6) is -0.119. The summed E-state index contributed by atoms with van der Waals surface area (Å²) in [6.45, 7) is 6.23. The predicted octanol–water partition coefficient (Wildman–Crippen LogP) is 3.00. The number of anilines is 1. The van der Waals surface area contributed by atoms with E-state index in [1.54, 1.807) is 24.9 Å². The van der Waals surface area contributed by atoms with Gasteiger partial charge >= 0.3 is 5.97 Å². The molecule has 1 saturated heterocycles. The SMILES string of the molecule is COC(=O)c1cc(CN(C)C(=O)C2CC(=O)N(c3cccc(C)c3C)C2)oc1C. The number of hydrogen-bond donors (Lipinski definition) is 0. The molecule has 0 aliphatic carbocycles. The number of carbonyl (C=O) groups excluding carboxylic acids is 3. The van der Waals surface area contributed by atoms with Crippen molar-refractivity contribution < 1.29 is 23.5 Å². The van der Waals surface area contributed by atoms with Crippen molar-refractivity contribution in [2.24, 2.45) is 5.92 Å². The monoisotopic (exact) mass is 398 g/mol. The molecular weight excluding hydrogens is 372 g/mol. The molecule has 7 nitrogen and oxygen atoms in total. The summed E-state index contributed by atoms with van der Waals surface area (Å²) in [5.41, 5.74) is 3.36. The number of benzene rings is 1. The Bertz CT molecular complexity index is 962. The molecule has 0 spiro atoms. The fraction of sp³-hybridized carbons (Fsp3) is 0.409. The van der Waals surface area contributed by atoms with Gasteiger partial charge in [-0.05, 0) is 44.0 Å². The minimum Gasteiger partial charge on any atom is -0.465 e. The number of esters is 1. The van der Waals surface area contributed by atoms with Crippen molar-refractivity contribution in [3.05, 3.63) is 52.5 Å². The van der Waals surface area contributed by atoms with Gasteiger partial charge in [0.25, 0.3) is 0 Å². The largest absolute Gasteiger partial charge is 0.465 e. The molecule has 7 heteroatoms. The van der Waals surface area contributed by atoms with Crippen LogP contribution in [0.25, 0.3) is 0 Å². The van der Waals surface area contributed by atoms with E-state index in [-0.39, 0.29) is 24.8 Å². The molecule has 2 amide bonds. The number of ether oxygens (including phenoxy) is 1. The summed E-state index contributed by atoms with van der Waals surface area (Å²) < 4.78 is 10.3. The van der Waals surface area contributed by atoms with Crippen LogP contribution in [0.2, 0.25) is 0 Å². The zero-order valence-corrected chi connectivity index (χ0v) is 17.4. The van der Waals surface area contributed by atoms with E-state index in [9.17, 15) is 14.4 Å². The standard InChI is InChI=1S/C22H26N2O5/c1-13-7-6-8-19(14(13)2)24-11-16(9-20(24)25)21(26)23(4)12-17-10-18(15(3)29-17)22(27)28-5/h6-8,10,16H,9,11-12H2,1-5H3. The lowest BCUT2D eigenvalue weighted by Gasteiger charge is -2.22. The van der Waals surface area contributed by atoms with Crippen molar-refractivity contribution in [3.8, 4) is 0 Å². The molecule has 1 unspecified atom stereocenters. The normalized spacial score (nSPS) is 16.2. The minimum absolute atomic E-state index is 0.0488. The molecule has 1 aliphatic heterocycles. The Morgan fingerprint density at radius 3 is 2.69 bits per heavy atom. The average Bonchev–Trinajstić information content (AvgIpc) is 3.25. The second-order valence-corrected chi connectivity index (χ2v) is 7.49. The third-order valence-electron chi connectivity index (χ3n) is 5.48. The van der Waals surface area contributed by atoms with Crippen LogP contribution in [0.1, 0.15) is 39.4 Å². The number of aryl methyl sites for hydroxylation is 2. The van der Waals surface area contributed by atoms with Crippen molar-refractivity contribution in [1.29, 1.82) is 0 Å². The predicted molar refractivity (Wildman–Crippen MR) is 108 cm³/mol. The average molecular weight is 398 g/mol. The van der Waals surface area contributed by atoms with E-state index in [1.807, 2.05) is 32.0 Å². The fourth-order valence-corrected chi connectivity index (χ4v) is 3.69. The fourth-order valence-electron chi connectivity index (χ4n) is 3.69. The zero-order chi connectivity index (χ0) is 21.3. The number of carbonyl (C=O) groups is 3. The summed E-state index contributed by atoms with van der Waals surface area (Å²) in [5, 5.41) is 0. The Balaban J connectivity index is 1.70. The van der Waals surface area contributed by atoms with Gasteiger partial charge in [0.2, 0.25) is 11.8 Å². The van der Waals surface area contributed by atoms with Crippen LogP contribution in [0.4, 0.5) is 5.69 Å². The van der Waals surface area contributed by atoms with Gasteiger partial charge in [0.1, 0.15) is 17.1 Å². The third kappa shape index (κ3) is 4.04. The molecule has 0 bridgehead atoms. The molecule has 29 heavy (non-hydrogen) atoms. The number of furan rings is 1. The minimum atomic E-state index is -0.475. The number of methoxy groups -OCH3 is 1. The molecular formula is C22H26N2O5. The maximum absolute atomic E-state index is 12.9. The summed E-state index contributed by atoms with van der Waals surface area (Å²) in [4.78, 5) is 40.5. The van der Waals surface area contributed by atoms with Gasteiger partial charge in [-0.25, -0.2) is 4.79 Å². The molecule has 0 radical (unpaired) electrons. The van der Waals surface area contributed by atoms with Gasteiger partial charge in [-0.15, -0.1) is 0 Å². The van der Waals surface area contributed by atoms with Crippen LogP contribution in [-0.2, 0) is 20.9 Å². The molecule has 1 atom stereocenters. The molecule has 3 rings (SSSR count). The summed E-state index contributed by atoms with van der Waals surface area (Å²) in [6, 6.07) is 7.43. The molecule has 154 valence electrons. The first-order valence-electron chi connectivity index (χ1n) is 9.52. The molecule has 1 aromatic heterocycles. The maximum Gasteiger partial charge on any atom is 0.341 e. The molecule has 1 aromatic carbocycles. The van der Waals surface area contributed by atoms with E-state index in [2.05, 4.69) is 0 Å². The molecule has 1 aliphatic rings. The van der Waals surface area contributed by atoms with Crippen molar-refractivity contribution in [1.82, 2.24) is 4.90 Å². The zero-order valence-electron chi connectivity index (χ0n) is 17.4. The van der Waals surface area contributed by atoms with Gasteiger partial charge in [-0.2, -0.15) is 0 Å². The second kappa shape index (κ2) is 8.11. The Morgan fingerprint density at radius 1 is 1.28 bits per heavy atom. The number of hydrogen-bond acceptors (Lipinski definition) is 5. The number of amides is 2. The van der Waals surface area contributed by atoms with Crippen molar-refractivity contribution in [2.75, 3.05) is 25.6 Å². The van der Waals surface area contributed by atoms with Gasteiger partial charge in [-0.3, -0.25) is 9.59 Å². The van der Waals surface area contributed by atoms with Gasteiger partial charge < -0.3 is 19.0 Å². The Kier molecular flexibility index (Phi) is 5.77. The maximum atomic E-state index is 12.9. The van der Waals surface area contributed by atoms with Crippen LogP contribution in [0.5, 0.6) is 0 Å². The summed E-state index contributed by atoms with van der Waals surface area (Å²) in [7, 11) is 2.98. The number of rotatable bonds is 5. The highest BCUT2D eigenvalue weighted by Crippen LogP contribution is 2.30. The van der Waals surface area contributed by atoms with Crippen molar-refractivity contribution >= 4 is 23.5 Å². The first-order valence-corrected chi connectivity index (χ1v) is 9.52. The quantitative estimate of drug-likeness (QED) is 0.724. The lowest BCUT2D eigenvalue weighted by atomic mass is 10.1. The van der Waals surface area contributed by atoms with Gasteiger partial charge in [0.05, 0.1) is 19.6 Å². The van der Waals surface area contributed by atoms with Crippen molar-refractivity contribution in [2.45, 2.75) is 33.7 Å². The Morgan fingerprint density at radius 2 is 2.00 bits per heavy atom. The smallest absolute Gasteiger partial charge is 0.341 e. The van der Waals surface area contributed by atoms with Crippen LogP contribution in [0.3, 0.4) is 0 Å². The lowest BCUT2D eigenvalue weighted by Crippen LogP contribution is -2.34. The Labute approximate surface area is 170 Å². The van der Waals surface area contributed by atoms with E-state index >= 15 is 0 Å². The van der Waals surface area contributed by atoms with Crippen LogP contribution in [-0.4, -0.2) is 43.4 Å². The highest BCUT2D eigenvalue weighted by atomic mass is 16.5. The number of nitrogens with zero attached hydrogens (tertiary/aromatic N) is 2. The first kappa shape index (κ1) is 20.6. The van der Waals surface area contributed by atoms with Crippen molar-refractivity contribution in [3.63, 3.8) is 0 Å². The summed E-state index contributed by atoms with van der Waals surface area (Å²) >= 11 is 0. The Hall–Kier alpha value is -3.09. The van der Waals surface area contributed by atoms with Gasteiger partial charge in [-0.1, -0.05) is 12.1 Å². The lowest BCUT2D eigenvalue weighted by molar-refractivity contribution is -0.135. The molecule has 0 saturated carbocycles.